The molecule has 8 atom stereocenters. The third kappa shape index (κ3) is 3.42. The smallest absolute Gasteiger partial charge is 0.346 e. The summed E-state index contributed by atoms with van der Waals surface area (Å²) in [6, 6.07) is 0. The first-order valence-corrected chi connectivity index (χ1v) is 11.8. The third-order valence-corrected chi connectivity index (χ3v) is 8.26. The minimum absolute atomic E-state index is 0.146. The van der Waals surface area contributed by atoms with Crippen LogP contribution in [0.3, 0.4) is 0 Å². The Morgan fingerprint density at radius 2 is 1.75 bits per heavy atom. The number of rotatable bonds is 2. The molecule has 176 valence electrons. The third-order valence-electron chi connectivity index (χ3n) is 8.26. The van der Waals surface area contributed by atoms with Gasteiger partial charge < -0.3 is 14.2 Å². The molecule has 0 bridgehead atoms. The van der Waals surface area contributed by atoms with Crippen molar-refractivity contribution >= 4 is 0 Å². The molecule has 2 heterocycles. The summed E-state index contributed by atoms with van der Waals surface area (Å²) in [6.07, 6.45) is -0.208. The van der Waals surface area contributed by atoms with E-state index in [9.17, 15) is 13.2 Å². The standard InChI is InChI=1S/C26H33F3O3/c1-6-7-9-17(2)10-8-15-30-25(26(27,28)29)20(5)22-13-11-18(3)21-14-12-19(4)31-24(32-25)16-23(21,22)24/h18-22H,2,6,11-16H2,1,3-5H3. The van der Waals surface area contributed by atoms with Gasteiger partial charge in [0.25, 0.3) is 5.79 Å². The summed E-state index contributed by atoms with van der Waals surface area (Å²) in [5, 5.41) is 0. The van der Waals surface area contributed by atoms with Gasteiger partial charge in [0.05, 0.1) is 11.7 Å². The predicted octanol–water partition coefficient (Wildman–Crippen LogP) is 5.85. The van der Waals surface area contributed by atoms with E-state index in [0.29, 0.717) is 30.3 Å². The van der Waals surface area contributed by atoms with Gasteiger partial charge in [0.2, 0.25) is 0 Å². The molecule has 4 rings (SSSR count). The quantitative estimate of drug-likeness (QED) is 0.494. The zero-order chi connectivity index (χ0) is 23.4. The Hall–Kier alpha value is -1.47. The first-order valence-electron chi connectivity index (χ1n) is 11.8. The fourth-order valence-corrected chi connectivity index (χ4v) is 6.87. The van der Waals surface area contributed by atoms with E-state index in [4.69, 9.17) is 14.2 Å². The molecule has 6 heteroatoms. The van der Waals surface area contributed by atoms with Crippen molar-refractivity contribution in [2.45, 2.75) is 90.1 Å². The molecule has 2 aliphatic heterocycles. The summed E-state index contributed by atoms with van der Waals surface area (Å²) in [5.41, 5.74) is 0.0156. The molecule has 0 radical (unpaired) electrons. The van der Waals surface area contributed by atoms with E-state index in [0.717, 1.165) is 25.7 Å². The number of hydrogen-bond acceptors (Lipinski definition) is 3. The zero-order valence-corrected chi connectivity index (χ0v) is 19.4. The Kier molecular flexibility index (Phi) is 5.98. The first kappa shape index (κ1) is 23.7. The lowest BCUT2D eigenvalue weighted by molar-refractivity contribution is -0.466. The maximum Gasteiger partial charge on any atom is 0.443 e. The molecule has 32 heavy (non-hydrogen) atoms. The predicted molar refractivity (Wildman–Crippen MR) is 115 cm³/mol. The summed E-state index contributed by atoms with van der Waals surface area (Å²) >= 11 is 0. The van der Waals surface area contributed by atoms with E-state index in [1.165, 1.54) is 0 Å². The highest BCUT2D eigenvalue weighted by Crippen LogP contribution is 2.80. The lowest BCUT2D eigenvalue weighted by atomic mass is 9.57. The van der Waals surface area contributed by atoms with Crippen molar-refractivity contribution in [2.75, 3.05) is 6.61 Å². The van der Waals surface area contributed by atoms with E-state index in [-0.39, 0.29) is 17.4 Å². The Balaban J connectivity index is 1.66. The van der Waals surface area contributed by atoms with Gasteiger partial charge in [-0.3, -0.25) is 0 Å². The average Bonchev–Trinajstić information content (AvgIpc) is 3.36. The Bertz CT molecular complexity index is 890. The molecule has 0 aromatic rings. The van der Waals surface area contributed by atoms with Crippen LogP contribution in [0.4, 0.5) is 13.2 Å². The van der Waals surface area contributed by atoms with Crippen molar-refractivity contribution in [2.24, 2.45) is 29.1 Å². The molecule has 0 aromatic heterocycles. The van der Waals surface area contributed by atoms with E-state index >= 15 is 0 Å². The van der Waals surface area contributed by atoms with Gasteiger partial charge in [0, 0.05) is 24.2 Å². The van der Waals surface area contributed by atoms with Gasteiger partial charge >= 0.3 is 6.18 Å². The van der Waals surface area contributed by atoms with Gasteiger partial charge in [-0.15, -0.1) is 0 Å². The van der Waals surface area contributed by atoms with Crippen molar-refractivity contribution in [3.8, 4) is 23.7 Å². The maximum absolute atomic E-state index is 14.7. The molecule has 0 aromatic carbocycles. The van der Waals surface area contributed by atoms with Crippen molar-refractivity contribution in [3.63, 3.8) is 0 Å². The highest BCUT2D eigenvalue weighted by Gasteiger charge is 2.87. The Morgan fingerprint density at radius 3 is 2.44 bits per heavy atom. The zero-order valence-electron chi connectivity index (χ0n) is 19.4. The number of allylic oxidation sites excluding steroid dienone is 1. The monoisotopic (exact) mass is 450 g/mol. The van der Waals surface area contributed by atoms with Gasteiger partial charge in [-0.1, -0.05) is 57.5 Å². The number of hydrogen-bond donors (Lipinski definition) is 0. The van der Waals surface area contributed by atoms with Crippen molar-refractivity contribution in [1.82, 2.24) is 0 Å². The summed E-state index contributed by atoms with van der Waals surface area (Å²) in [7, 11) is 0. The second kappa shape index (κ2) is 8.08. The minimum atomic E-state index is -4.71. The molecule has 2 saturated heterocycles. The molecule has 3 nitrogen and oxygen atoms in total. The molecule has 2 aliphatic carbocycles. The maximum atomic E-state index is 14.7. The first-order chi connectivity index (χ1) is 15.0. The number of halogens is 3. The summed E-state index contributed by atoms with van der Waals surface area (Å²) in [4.78, 5) is 0. The van der Waals surface area contributed by atoms with Crippen LogP contribution in [0, 0.1) is 52.8 Å². The van der Waals surface area contributed by atoms with E-state index in [1.54, 1.807) is 6.92 Å². The highest BCUT2D eigenvalue weighted by atomic mass is 19.4. The largest absolute Gasteiger partial charge is 0.443 e. The number of alkyl halides is 3. The summed E-state index contributed by atoms with van der Waals surface area (Å²) in [5.74, 6) is 6.73. The molecule has 2 saturated carbocycles. The van der Waals surface area contributed by atoms with Crippen LogP contribution < -0.4 is 0 Å². The Morgan fingerprint density at radius 1 is 1.06 bits per heavy atom. The van der Waals surface area contributed by atoms with Crippen molar-refractivity contribution in [3.05, 3.63) is 12.2 Å². The van der Waals surface area contributed by atoms with Crippen LogP contribution >= 0.6 is 0 Å². The molecule has 4 aliphatic rings. The normalized spacial score (nSPS) is 44.5. The van der Waals surface area contributed by atoms with Gasteiger partial charge in [-0.2, -0.15) is 13.2 Å². The lowest BCUT2D eigenvalue weighted by Gasteiger charge is -2.56. The lowest BCUT2D eigenvalue weighted by Crippen LogP contribution is -2.66. The summed E-state index contributed by atoms with van der Waals surface area (Å²) in [6.45, 7) is 11.0. The van der Waals surface area contributed by atoms with Gasteiger partial charge in [-0.05, 0) is 43.9 Å². The van der Waals surface area contributed by atoms with E-state index in [1.807, 2.05) is 13.8 Å². The van der Waals surface area contributed by atoms with Crippen LogP contribution in [-0.4, -0.2) is 30.5 Å². The van der Waals surface area contributed by atoms with Crippen LogP contribution in [0.5, 0.6) is 0 Å². The molecular formula is C26H33F3O3. The minimum Gasteiger partial charge on any atom is -0.346 e. The van der Waals surface area contributed by atoms with Gasteiger partial charge in [0.15, 0.2) is 5.79 Å². The highest BCUT2D eigenvalue weighted by molar-refractivity contribution is 5.42. The molecular weight excluding hydrogens is 417 g/mol. The van der Waals surface area contributed by atoms with Crippen LogP contribution in [0.15, 0.2) is 12.2 Å². The fourth-order valence-electron chi connectivity index (χ4n) is 6.87. The SMILES string of the molecule is C=C(C#CCC)C#CCOC1(C(F)(F)F)OC23CC24C(CCC(C)O3)C(C)CCC4C1C. The average molecular weight is 451 g/mol. The summed E-state index contributed by atoms with van der Waals surface area (Å²) < 4.78 is 61.8. The number of ether oxygens (including phenoxy) is 3. The molecule has 0 N–H and O–H groups in total. The van der Waals surface area contributed by atoms with Crippen molar-refractivity contribution < 1.29 is 27.4 Å². The van der Waals surface area contributed by atoms with E-state index in [2.05, 4.69) is 37.2 Å². The topological polar surface area (TPSA) is 27.7 Å². The molecule has 0 amide bonds. The van der Waals surface area contributed by atoms with Crippen LogP contribution in [0.1, 0.15) is 66.2 Å². The molecule has 4 fully saturated rings. The molecule has 8 unspecified atom stereocenters. The van der Waals surface area contributed by atoms with Crippen LogP contribution in [0.25, 0.3) is 0 Å². The fraction of sp³-hybridized carbons (Fsp3) is 0.769. The van der Waals surface area contributed by atoms with Crippen molar-refractivity contribution in [1.29, 1.82) is 0 Å². The van der Waals surface area contributed by atoms with E-state index < -0.39 is 30.3 Å². The van der Waals surface area contributed by atoms with Crippen LogP contribution in [0.2, 0.25) is 0 Å². The second-order valence-electron chi connectivity index (χ2n) is 10.0. The Labute approximate surface area is 189 Å². The molecule has 1 spiro atoms. The van der Waals surface area contributed by atoms with Gasteiger partial charge in [-0.25, -0.2) is 0 Å². The van der Waals surface area contributed by atoms with Crippen LogP contribution in [-0.2, 0) is 14.2 Å². The second-order valence-corrected chi connectivity index (χ2v) is 10.0. The van der Waals surface area contributed by atoms with Gasteiger partial charge in [0.1, 0.15) is 6.61 Å².